The molecule has 1 aromatic carbocycles. The van der Waals surface area contributed by atoms with Gasteiger partial charge in [-0.25, -0.2) is 8.42 Å². The number of sulfonamides is 1. The number of aliphatic carboxylic acids is 1. The third-order valence-electron chi connectivity index (χ3n) is 2.64. The normalized spacial score (nSPS) is 12.9. The van der Waals surface area contributed by atoms with Gasteiger partial charge in [-0.05, 0) is 24.5 Å². The van der Waals surface area contributed by atoms with E-state index in [-0.39, 0.29) is 11.3 Å². The lowest BCUT2D eigenvalue weighted by Crippen LogP contribution is -2.40. The lowest BCUT2D eigenvalue weighted by molar-refractivity contribution is -0.138. The van der Waals surface area contributed by atoms with Gasteiger partial charge < -0.3 is 5.11 Å². The lowest BCUT2D eigenvalue weighted by Gasteiger charge is -2.15. The SMILES string of the molecule is C=CCC(NS(=O)(=O)c1ccccc1CC)C(=O)O. The summed E-state index contributed by atoms with van der Waals surface area (Å²) in [5.74, 6) is -1.22. The van der Waals surface area contributed by atoms with Gasteiger partial charge in [0.1, 0.15) is 6.04 Å². The Balaban J connectivity index is 3.10. The number of rotatable bonds is 7. The van der Waals surface area contributed by atoms with Gasteiger partial charge in [-0.1, -0.05) is 31.2 Å². The first-order chi connectivity index (χ1) is 8.92. The molecule has 0 saturated carbocycles. The van der Waals surface area contributed by atoms with Crippen LogP contribution >= 0.6 is 0 Å². The molecule has 1 atom stereocenters. The number of carbonyl (C=O) groups is 1. The zero-order valence-electron chi connectivity index (χ0n) is 10.7. The van der Waals surface area contributed by atoms with E-state index in [1.54, 1.807) is 18.2 Å². The monoisotopic (exact) mass is 283 g/mol. The fraction of sp³-hybridized carbons (Fsp3) is 0.308. The highest BCUT2D eigenvalue weighted by atomic mass is 32.2. The smallest absolute Gasteiger partial charge is 0.322 e. The summed E-state index contributed by atoms with van der Waals surface area (Å²) in [6.07, 6.45) is 1.95. The summed E-state index contributed by atoms with van der Waals surface area (Å²) >= 11 is 0. The van der Waals surface area contributed by atoms with E-state index in [0.717, 1.165) is 0 Å². The fourth-order valence-corrected chi connectivity index (χ4v) is 3.19. The molecule has 0 amide bonds. The van der Waals surface area contributed by atoms with Crippen LogP contribution in [0, 0.1) is 0 Å². The molecule has 0 aliphatic rings. The van der Waals surface area contributed by atoms with Crippen molar-refractivity contribution in [2.45, 2.75) is 30.7 Å². The first-order valence-corrected chi connectivity index (χ1v) is 7.34. The quantitative estimate of drug-likeness (QED) is 0.744. The van der Waals surface area contributed by atoms with Crippen molar-refractivity contribution in [1.29, 1.82) is 0 Å². The predicted octanol–water partition coefficient (Wildman–Crippen LogP) is 1.56. The number of hydrogen-bond donors (Lipinski definition) is 2. The maximum atomic E-state index is 12.2. The Morgan fingerprint density at radius 3 is 2.63 bits per heavy atom. The molecule has 0 bridgehead atoms. The minimum Gasteiger partial charge on any atom is -0.480 e. The molecule has 104 valence electrons. The van der Waals surface area contributed by atoms with E-state index in [9.17, 15) is 13.2 Å². The van der Waals surface area contributed by atoms with Gasteiger partial charge >= 0.3 is 5.97 Å². The Morgan fingerprint density at radius 2 is 2.11 bits per heavy atom. The van der Waals surface area contributed by atoms with Crippen molar-refractivity contribution < 1.29 is 18.3 Å². The average Bonchev–Trinajstić information content (AvgIpc) is 2.38. The molecule has 0 radical (unpaired) electrons. The number of benzene rings is 1. The first-order valence-electron chi connectivity index (χ1n) is 5.86. The maximum absolute atomic E-state index is 12.2. The van der Waals surface area contributed by atoms with Crippen LogP contribution in [0.1, 0.15) is 18.9 Å². The van der Waals surface area contributed by atoms with Gasteiger partial charge in [-0.3, -0.25) is 4.79 Å². The van der Waals surface area contributed by atoms with Crippen LogP contribution < -0.4 is 4.72 Å². The van der Waals surface area contributed by atoms with Crippen molar-refractivity contribution in [1.82, 2.24) is 4.72 Å². The molecule has 19 heavy (non-hydrogen) atoms. The Labute approximate surface area is 113 Å². The van der Waals surface area contributed by atoms with E-state index in [0.29, 0.717) is 12.0 Å². The standard InChI is InChI=1S/C13H17NO4S/c1-3-7-11(13(15)16)14-19(17,18)12-9-6-5-8-10(12)4-2/h3,5-6,8-9,11,14H,1,4,7H2,2H3,(H,15,16). The van der Waals surface area contributed by atoms with Crippen molar-refractivity contribution >= 4 is 16.0 Å². The molecule has 0 aromatic heterocycles. The maximum Gasteiger partial charge on any atom is 0.322 e. The van der Waals surface area contributed by atoms with Gasteiger partial charge in [0.05, 0.1) is 4.90 Å². The zero-order valence-corrected chi connectivity index (χ0v) is 11.5. The third kappa shape index (κ3) is 3.90. The number of aryl methyl sites for hydroxylation is 1. The highest BCUT2D eigenvalue weighted by molar-refractivity contribution is 7.89. The summed E-state index contributed by atoms with van der Waals surface area (Å²) < 4.78 is 26.6. The van der Waals surface area contributed by atoms with E-state index in [2.05, 4.69) is 11.3 Å². The summed E-state index contributed by atoms with van der Waals surface area (Å²) in [5, 5.41) is 8.97. The largest absolute Gasteiger partial charge is 0.480 e. The van der Waals surface area contributed by atoms with E-state index in [1.807, 2.05) is 6.92 Å². The van der Waals surface area contributed by atoms with Crippen LogP contribution in [0.2, 0.25) is 0 Å². The second kappa shape index (κ2) is 6.49. The molecule has 6 heteroatoms. The highest BCUT2D eigenvalue weighted by Crippen LogP contribution is 2.16. The van der Waals surface area contributed by atoms with Gasteiger partial charge in [0.2, 0.25) is 10.0 Å². The topological polar surface area (TPSA) is 83.5 Å². The Kier molecular flexibility index (Phi) is 5.26. The molecule has 0 spiro atoms. The lowest BCUT2D eigenvalue weighted by atomic mass is 10.2. The average molecular weight is 283 g/mol. The second-order valence-corrected chi connectivity index (χ2v) is 5.68. The number of nitrogens with one attached hydrogen (secondary N) is 1. The molecule has 0 aliphatic heterocycles. The molecule has 2 N–H and O–H groups in total. The van der Waals surface area contributed by atoms with Crippen LogP contribution in [0.15, 0.2) is 41.8 Å². The van der Waals surface area contributed by atoms with Gasteiger partial charge in [-0.15, -0.1) is 6.58 Å². The minimum atomic E-state index is -3.85. The summed E-state index contributed by atoms with van der Waals surface area (Å²) in [4.78, 5) is 11.1. The molecule has 1 aromatic rings. The van der Waals surface area contributed by atoms with Crippen LogP contribution in [-0.2, 0) is 21.2 Å². The second-order valence-electron chi connectivity index (χ2n) is 4.00. The summed E-state index contributed by atoms with van der Waals surface area (Å²) in [5.41, 5.74) is 0.651. The predicted molar refractivity (Wildman–Crippen MR) is 72.4 cm³/mol. The van der Waals surface area contributed by atoms with Crippen LogP contribution in [0.5, 0.6) is 0 Å². The molecular weight excluding hydrogens is 266 g/mol. The summed E-state index contributed by atoms with van der Waals surface area (Å²) in [6, 6.07) is 5.33. The van der Waals surface area contributed by atoms with E-state index in [4.69, 9.17) is 5.11 Å². The van der Waals surface area contributed by atoms with Gasteiger partial charge in [-0.2, -0.15) is 4.72 Å². The first kappa shape index (κ1) is 15.4. The Hall–Kier alpha value is -1.66. The Bertz CT molecular complexity index is 566. The summed E-state index contributed by atoms with van der Waals surface area (Å²) in [7, 11) is -3.85. The molecule has 0 aliphatic carbocycles. The molecule has 0 saturated heterocycles. The van der Waals surface area contributed by atoms with Crippen molar-refractivity contribution in [2.75, 3.05) is 0 Å². The summed E-state index contributed by atoms with van der Waals surface area (Å²) in [6.45, 7) is 5.26. The third-order valence-corrected chi connectivity index (χ3v) is 4.21. The molecule has 5 nitrogen and oxygen atoms in total. The van der Waals surface area contributed by atoms with Crippen molar-refractivity contribution in [3.8, 4) is 0 Å². The van der Waals surface area contributed by atoms with Crippen LogP contribution in [0.3, 0.4) is 0 Å². The number of hydrogen-bond acceptors (Lipinski definition) is 3. The van der Waals surface area contributed by atoms with Crippen LogP contribution in [-0.4, -0.2) is 25.5 Å². The molecule has 1 rings (SSSR count). The van der Waals surface area contributed by atoms with Crippen LogP contribution in [0.4, 0.5) is 0 Å². The minimum absolute atomic E-state index is 0.0306. The number of carboxylic acids is 1. The molecule has 0 fully saturated rings. The van der Waals surface area contributed by atoms with Crippen molar-refractivity contribution in [3.05, 3.63) is 42.5 Å². The zero-order chi connectivity index (χ0) is 14.5. The van der Waals surface area contributed by atoms with Gasteiger partial charge in [0.15, 0.2) is 0 Å². The van der Waals surface area contributed by atoms with E-state index >= 15 is 0 Å². The molecular formula is C13H17NO4S. The highest BCUT2D eigenvalue weighted by Gasteiger charge is 2.25. The molecule has 1 unspecified atom stereocenters. The van der Waals surface area contributed by atoms with Crippen molar-refractivity contribution in [2.24, 2.45) is 0 Å². The fourth-order valence-electron chi connectivity index (χ4n) is 1.67. The van der Waals surface area contributed by atoms with E-state index < -0.39 is 22.0 Å². The Morgan fingerprint density at radius 1 is 1.47 bits per heavy atom. The van der Waals surface area contributed by atoms with Crippen molar-refractivity contribution in [3.63, 3.8) is 0 Å². The number of carboxylic acid groups (broad SMARTS) is 1. The molecule has 0 heterocycles. The van der Waals surface area contributed by atoms with Gasteiger partial charge in [0, 0.05) is 0 Å². The van der Waals surface area contributed by atoms with Crippen LogP contribution in [0.25, 0.3) is 0 Å². The van der Waals surface area contributed by atoms with Gasteiger partial charge in [0.25, 0.3) is 0 Å². The van der Waals surface area contributed by atoms with E-state index in [1.165, 1.54) is 12.1 Å².